The Labute approximate surface area is 219 Å². The van der Waals surface area contributed by atoms with Gasteiger partial charge < -0.3 is 0 Å². The SMILES string of the molecule is CCc1cccc2c1C=[C]([Zr][C]1=Cc3c(CC)cccc3C1c1ccc(C)o1)C2c1ccc(C)o1. The molecule has 0 amide bonds. The fraction of sp³-hybridized carbons (Fsp3) is 0.250. The van der Waals surface area contributed by atoms with E-state index < -0.39 is 23.2 Å². The molecule has 2 unspecified atom stereocenters. The molecule has 0 fully saturated rings. The predicted molar refractivity (Wildman–Crippen MR) is 138 cm³/mol. The van der Waals surface area contributed by atoms with E-state index in [-0.39, 0.29) is 11.8 Å². The van der Waals surface area contributed by atoms with Crippen LogP contribution < -0.4 is 0 Å². The molecule has 0 bridgehead atoms. The van der Waals surface area contributed by atoms with Crippen LogP contribution >= 0.6 is 0 Å². The minimum atomic E-state index is -1.15. The van der Waals surface area contributed by atoms with Crippen LogP contribution in [0.25, 0.3) is 12.2 Å². The van der Waals surface area contributed by atoms with Gasteiger partial charge in [0.2, 0.25) is 0 Å². The molecule has 0 radical (unpaired) electrons. The third kappa shape index (κ3) is 3.89. The Hall–Kier alpha value is -2.64. The van der Waals surface area contributed by atoms with E-state index in [0.29, 0.717) is 0 Å². The summed E-state index contributed by atoms with van der Waals surface area (Å²) in [4.78, 5) is 0. The van der Waals surface area contributed by atoms with Gasteiger partial charge >= 0.3 is 220 Å². The van der Waals surface area contributed by atoms with E-state index in [0.717, 1.165) is 35.9 Å². The Morgan fingerprint density at radius 1 is 0.629 bits per heavy atom. The predicted octanol–water partition coefficient (Wildman–Crippen LogP) is 8.37. The molecule has 2 atom stereocenters. The second-order valence-corrected chi connectivity index (χ2v) is 13.1. The molecule has 2 aliphatic rings. The van der Waals surface area contributed by atoms with Crippen molar-refractivity contribution in [1.29, 1.82) is 0 Å². The molecule has 0 spiro atoms. The van der Waals surface area contributed by atoms with Gasteiger partial charge in [0, 0.05) is 0 Å². The summed E-state index contributed by atoms with van der Waals surface area (Å²) in [6.45, 7) is 8.60. The molecular formula is C32H30O2Zr. The molecule has 0 aliphatic heterocycles. The van der Waals surface area contributed by atoms with Crippen molar-refractivity contribution in [2.24, 2.45) is 0 Å². The van der Waals surface area contributed by atoms with Crippen molar-refractivity contribution in [3.8, 4) is 0 Å². The van der Waals surface area contributed by atoms with Gasteiger partial charge in [0.1, 0.15) is 0 Å². The Morgan fingerprint density at radius 2 is 1.09 bits per heavy atom. The zero-order valence-corrected chi connectivity index (χ0v) is 23.3. The quantitative estimate of drug-likeness (QED) is 0.247. The maximum absolute atomic E-state index is 6.25. The molecule has 174 valence electrons. The Morgan fingerprint density at radius 3 is 1.46 bits per heavy atom. The summed E-state index contributed by atoms with van der Waals surface area (Å²) in [6.07, 6.45) is 7.12. The molecule has 0 saturated heterocycles. The van der Waals surface area contributed by atoms with Gasteiger partial charge in [-0.1, -0.05) is 0 Å². The second-order valence-electron chi connectivity index (χ2n) is 9.63. The van der Waals surface area contributed by atoms with Crippen molar-refractivity contribution in [1.82, 2.24) is 0 Å². The molecule has 2 aromatic heterocycles. The van der Waals surface area contributed by atoms with Gasteiger partial charge in [0.15, 0.2) is 0 Å². The second kappa shape index (κ2) is 9.10. The van der Waals surface area contributed by atoms with E-state index in [1.54, 1.807) is 6.56 Å². The van der Waals surface area contributed by atoms with Gasteiger partial charge in [-0.2, -0.15) is 0 Å². The van der Waals surface area contributed by atoms with Gasteiger partial charge in [-0.25, -0.2) is 0 Å². The summed E-state index contributed by atoms with van der Waals surface area (Å²) in [6, 6.07) is 22.2. The van der Waals surface area contributed by atoms with Crippen LogP contribution in [0.3, 0.4) is 0 Å². The summed E-state index contributed by atoms with van der Waals surface area (Å²) in [5.41, 5.74) is 8.51. The first kappa shape index (κ1) is 22.8. The van der Waals surface area contributed by atoms with Gasteiger partial charge in [0.25, 0.3) is 0 Å². The molecular weight excluding hydrogens is 508 g/mol. The van der Waals surface area contributed by atoms with E-state index in [2.05, 4.69) is 86.7 Å². The molecule has 2 heterocycles. The molecule has 0 N–H and O–H groups in total. The molecule has 4 aromatic rings. The average Bonchev–Trinajstić information content (AvgIpc) is 3.63. The molecule has 0 saturated carbocycles. The minimum absolute atomic E-state index is 0.228. The van der Waals surface area contributed by atoms with Crippen LogP contribution in [0.15, 0.2) is 76.1 Å². The third-order valence-corrected chi connectivity index (χ3v) is 11.0. The van der Waals surface area contributed by atoms with E-state index in [1.807, 2.05) is 13.8 Å². The van der Waals surface area contributed by atoms with E-state index in [1.165, 1.54) is 33.4 Å². The zero-order chi connectivity index (χ0) is 24.1. The Kier molecular flexibility index (Phi) is 5.93. The standard InChI is InChI=1S/2C16H15O.Zr/c2*1-3-12-5-4-6-14-13(12)8-9-15(14)16-10-7-11(2)17-16;/h2*4-8,10,15H,3H2,1-2H3;. The monoisotopic (exact) mass is 536 g/mol. The number of benzene rings is 2. The van der Waals surface area contributed by atoms with Crippen LogP contribution in [0.4, 0.5) is 0 Å². The fourth-order valence-electron chi connectivity index (χ4n) is 5.76. The van der Waals surface area contributed by atoms with Crippen LogP contribution in [-0.4, -0.2) is 0 Å². The van der Waals surface area contributed by atoms with Crippen molar-refractivity contribution in [3.05, 3.63) is 124 Å². The van der Waals surface area contributed by atoms with E-state index >= 15 is 0 Å². The van der Waals surface area contributed by atoms with Crippen molar-refractivity contribution in [2.75, 3.05) is 0 Å². The summed E-state index contributed by atoms with van der Waals surface area (Å²) >= 11 is -1.15. The van der Waals surface area contributed by atoms with Crippen LogP contribution in [0.1, 0.15) is 82.1 Å². The van der Waals surface area contributed by atoms with Crippen LogP contribution in [0, 0.1) is 13.8 Å². The summed E-state index contributed by atoms with van der Waals surface area (Å²) in [5, 5.41) is 0. The van der Waals surface area contributed by atoms with Gasteiger partial charge in [-0.15, -0.1) is 0 Å². The molecule has 6 rings (SSSR count). The van der Waals surface area contributed by atoms with Crippen molar-refractivity contribution in [2.45, 2.75) is 52.4 Å². The summed E-state index contributed by atoms with van der Waals surface area (Å²) in [5.74, 6) is 4.58. The molecule has 35 heavy (non-hydrogen) atoms. The topological polar surface area (TPSA) is 26.3 Å². The Balaban J connectivity index is 1.47. The van der Waals surface area contributed by atoms with Gasteiger partial charge in [0.05, 0.1) is 0 Å². The first-order valence-corrected chi connectivity index (χ1v) is 15.1. The van der Waals surface area contributed by atoms with E-state index in [9.17, 15) is 0 Å². The number of allylic oxidation sites excluding steroid dienone is 2. The van der Waals surface area contributed by atoms with Gasteiger partial charge in [-0.05, 0) is 0 Å². The number of fused-ring (bicyclic) bond motifs is 2. The van der Waals surface area contributed by atoms with Crippen molar-refractivity contribution < 1.29 is 32.1 Å². The Bertz CT molecular complexity index is 1370. The molecule has 2 aliphatic carbocycles. The fourth-order valence-corrected chi connectivity index (χ4v) is 9.82. The molecule has 2 aromatic carbocycles. The molecule has 3 heteroatoms. The average molecular weight is 538 g/mol. The first-order valence-electron chi connectivity index (χ1n) is 12.6. The van der Waals surface area contributed by atoms with Crippen LogP contribution in [0.2, 0.25) is 0 Å². The van der Waals surface area contributed by atoms with Gasteiger partial charge in [-0.3, -0.25) is 0 Å². The first-order chi connectivity index (χ1) is 17.1. The van der Waals surface area contributed by atoms with Crippen molar-refractivity contribution >= 4 is 12.2 Å². The summed E-state index contributed by atoms with van der Waals surface area (Å²) in [7, 11) is 0. The van der Waals surface area contributed by atoms with Crippen LogP contribution in [0.5, 0.6) is 0 Å². The number of aryl methyl sites for hydroxylation is 4. The molecule has 2 nitrogen and oxygen atoms in total. The van der Waals surface area contributed by atoms with E-state index in [4.69, 9.17) is 8.83 Å². The zero-order valence-electron chi connectivity index (χ0n) is 20.8. The number of rotatable bonds is 6. The normalized spacial score (nSPS) is 18.3. The van der Waals surface area contributed by atoms with Crippen molar-refractivity contribution in [3.63, 3.8) is 0 Å². The third-order valence-electron chi connectivity index (χ3n) is 7.45. The maximum atomic E-state index is 6.25. The summed E-state index contributed by atoms with van der Waals surface area (Å²) < 4.78 is 15.7. The van der Waals surface area contributed by atoms with Crippen LogP contribution in [-0.2, 0) is 36.1 Å². The number of hydrogen-bond donors (Lipinski definition) is 0. The number of hydrogen-bond acceptors (Lipinski definition) is 2. The number of furan rings is 2.